The Kier molecular flexibility index (Phi) is 11.5. The van der Waals surface area contributed by atoms with Crippen molar-refractivity contribution in [1.29, 1.82) is 0 Å². The summed E-state index contributed by atoms with van der Waals surface area (Å²) in [5.41, 5.74) is 4.29. The number of carbonyl (C=O) groups excluding carboxylic acids is 3. The number of anilines is 2. The molecule has 0 aliphatic heterocycles. The molecule has 1 unspecified atom stereocenters. The van der Waals surface area contributed by atoms with Crippen LogP contribution in [0, 0.1) is 6.92 Å². The maximum absolute atomic E-state index is 13.6. The highest BCUT2D eigenvalue weighted by Gasteiger charge is 2.21. The molecular formula is C36H30Cl2N4O3S2. The Morgan fingerprint density at radius 1 is 0.894 bits per heavy atom. The fraction of sp³-hybridized carbons (Fsp3) is 0.111. The van der Waals surface area contributed by atoms with E-state index in [1.807, 2.05) is 61.7 Å². The van der Waals surface area contributed by atoms with E-state index in [1.165, 1.54) is 23.1 Å². The first-order chi connectivity index (χ1) is 22.7. The van der Waals surface area contributed by atoms with Crippen LogP contribution in [0.2, 0.25) is 10.0 Å². The third-order valence-electron chi connectivity index (χ3n) is 7.00. The smallest absolute Gasteiger partial charge is 0.272 e. The van der Waals surface area contributed by atoms with Crippen molar-refractivity contribution in [1.82, 2.24) is 10.3 Å². The third-order valence-corrected chi connectivity index (χ3v) is 9.86. The minimum atomic E-state index is -0.481. The Bertz CT molecular complexity index is 1950. The topological polar surface area (TPSA) is 100 Å². The van der Waals surface area contributed by atoms with Gasteiger partial charge in [0.25, 0.3) is 11.8 Å². The zero-order valence-corrected chi connectivity index (χ0v) is 28.6. The summed E-state index contributed by atoms with van der Waals surface area (Å²) < 4.78 is 0. The van der Waals surface area contributed by atoms with Crippen LogP contribution < -0.4 is 16.0 Å². The van der Waals surface area contributed by atoms with Gasteiger partial charge < -0.3 is 16.0 Å². The van der Waals surface area contributed by atoms with Crippen molar-refractivity contribution in [3.8, 4) is 11.3 Å². The van der Waals surface area contributed by atoms with Gasteiger partial charge in [-0.3, -0.25) is 14.4 Å². The molecule has 5 rings (SSSR count). The van der Waals surface area contributed by atoms with Gasteiger partial charge in [-0.05, 0) is 73.0 Å². The zero-order chi connectivity index (χ0) is 33.3. The number of carbonyl (C=O) groups is 3. The SMILES string of the molecule is CCC(Sc1cccc(NC(=O)/C(=C/c2ccccc2C)NC(=O)c2ccccc2)c1)C(=O)Nc1nc(-c2ccc(Cl)c(Cl)c2)cs1. The molecular weight excluding hydrogens is 671 g/mol. The molecule has 0 fully saturated rings. The summed E-state index contributed by atoms with van der Waals surface area (Å²) in [5, 5.41) is 11.4. The number of hydrogen-bond acceptors (Lipinski definition) is 6. The van der Waals surface area contributed by atoms with Gasteiger partial charge in [0.1, 0.15) is 5.70 Å². The Morgan fingerprint density at radius 2 is 1.66 bits per heavy atom. The van der Waals surface area contributed by atoms with Crippen LogP contribution in [0.5, 0.6) is 0 Å². The number of thioether (sulfide) groups is 1. The second-order valence-corrected chi connectivity index (χ2v) is 13.3. The molecule has 4 aromatic carbocycles. The lowest BCUT2D eigenvalue weighted by Gasteiger charge is -2.15. The van der Waals surface area contributed by atoms with Crippen LogP contribution in [0.15, 0.2) is 113 Å². The second kappa shape index (κ2) is 15.9. The maximum atomic E-state index is 13.6. The summed E-state index contributed by atoms with van der Waals surface area (Å²) in [6.07, 6.45) is 2.22. The summed E-state index contributed by atoms with van der Waals surface area (Å²) in [6.45, 7) is 3.87. The lowest BCUT2D eigenvalue weighted by molar-refractivity contribution is -0.116. The quantitative estimate of drug-likeness (QED) is 0.0942. The van der Waals surface area contributed by atoms with Crippen molar-refractivity contribution in [2.45, 2.75) is 30.4 Å². The number of thiazole rings is 1. The van der Waals surface area contributed by atoms with Crippen LogP contribution in [-0.2, 0) is 9.59 Å². The van der Waals surface area contributed by atoms with Crippen LogP contribution >= 0.6 is 46.3 Å². The molecule has 1 heterocycles. The summed E-state index contributed by atoms with van der Waals surface area (Å²) >= 11 is 14.9. The first-order valence-corrected chi connectivity index (χ1v) is 17.1. The fourth-order valence-electron chi connectivity index (χ4n) is 4.48. The number of nitrogens with zero attached hydrogens (tertiary/aromatic N) is 1. The van der Waals surface area contributed by atoms with Gasteiger partial charge in [-0.25, -0.2) is 4.98 Å². The standard InChI is InChI=1S/C36H30Cl2N4O3S2/c1-3-32(35(45)42-36-41-31(21-46-36)25-16-17-28(37)29(38)18-25)47-27-15-9-14-26(20-27)39-34(44)30(19-24-13-8-7-10-22(24)2)40-33(43)23-11-5-4-6-12-23/h4-21,32H,3H2,1-2H3,(H,39,44)(H,40,43)(H,41,42,45)/b30-19-. The number of benzene rings is 4. The highest BCUT2D eigenvalue weighted by Crippen LogP contribution is 2.32. The van der Waals surface area contributed by atoms with Gasteiger partial charge in [0, 0.05) is 27.1 Å². The van der Waals surface area contributed by atoms with Crippen molar-refractivity contribution in [2.75, 3.05) is 10.6 Å². The van der Waals surface area contributed by atoms with Gasteiger partial charge in [-0.1, -0.05) is 84.7 Å². The van der Waals surface area contributed by atoms with Crippen LogP contribution in [0.3, 0.4) is 0 Å². The Balaban J connectivity index is 1.28. The molecule has 0 bridgehead atoms. The molecule has 1 atom stereocenters. The van der Waals surface area contributed by atoms with E-state index in [9.17, 15) is 14.4 Å². The molecule has 7 nitrogen and oxygen atoms in total. The summed E-state index contributed by atoms with van der Waals surface area (Å²) in [5.74, 6) is -1.06. The van der Waals surface area contributed by atoms with Gasteiger partial charge >= 0.3 is 0 Å². The minimum Gasteiger partial charge on any atom is -0.321 e. The van der Waals surface area contributed by atoms with Crippen molar-refractivity contribution in [3.63, 3.8) is 0 Å². The lowest BCUT2D eigenvalue weighted by atomic mass is 10.1. The Hall–Kier alpha value is -4.41. The Labute approximate surface area is 291 Å². The van der Waals surface area contributed by atoms with Crippen LogP contribution in [0.25, 0.3) is 17.3 Å². The lowest BCUT2D eigenvalue weighted by Crippen LogP contribution is -2.30. The van der Waals surface area contributed by atoms with E-state index in [-0.39, 0.29) is 11.6 Å². The van der Waals surface area contributed by atoms with Crippen LogP contribution in [0.1, 0.15) is 34.8 Å². The molecule has 0 spiro atoms. The third kappa shape index (κ3) is 9.11. The number of aromatic nitrogens is 1. The van der Waals surface area contributed by atoms with Gasteiger partial charge in [0.2, 0.25) is 5.91 Å². The molecule has 1 aromatic heterocycles. The molecule has 0 aliphatic carbocycles. The minimum absolute atomic E-state index is 0.0979. The highest BCUT2D eigenvalue weighted by atomic mass is 35.5. The number of aryl methyl sites for hydroxylation is 1. The molecule has 3 amide bonds. The number of amides is 3. The number of rotatable bonds is 11. The van der Waals surface area contributed by atoms with Crippen LogP contribution in [0.4, 0.5) is 10.8 Å². The Morgan fingerprint density at radius 3 is 2.40 bits per heavy atom. The zero-order valence-electron chi connectivity index (χ0n) is 25.4. The fourth-order valence-corrected chi connectivity index (χ4v) is 6.52. The van der Waals surface area contributed by atoms with E-state index in [1.54, 1.807) is 60.7 Å². The molecule has 0 saturated carbocycles. The molecule has 0 radical (unpaired) electrons. The van der Waals surface area contributed by atoms with Crippen LogP contribution in [-0.4, -0.2) is 28.0 Å². The predicted octanol–water partition coefficient (Wildman–Crippen LogP) is 9.34. The van der Waals surface area contributed by atoms with Crippen molar-refractivity contribution < 1.29 is 14.4 Å². The van der Waals surface area contributed by atoms with Crippen molar-refractivity contribution in [3.05, 3.63) is 135 Å². The van der Waals surface area contributed by atoms with E-state index in [0.29, 0.717) is 38.5 Å². The average Bonchev–Trinajstić information content (AvgIpc) is 3.54. The van der Waals surface area contributed by atoms with E-state index in [4.69, 9.17) is 23.2 Å². The van der Waals surface area contributed by atoms with Gasteiger partial charge in [-0.15, -0.1) is 23.1 Å². The molecule has 3 N–H and O–H groups in total. The first kappa shape index (κ1) is 33.9. The van der Waals surface area contributed by atoms with E-state index in [0.717, 1.165) is 21.6 Å². The number of hydrogen-bond donors (Lipinski definition) is 3. The average molecular weight is 702 g/mol. The van der Waals surface area contributed by atoms with Crippen molar-refractivity contribution in [2.24, 2.45) is 0 Å². The van der Waals surface area contributed by atoms with E-state index in [2.05, 4.69) is 20.9 Å². The van der Waals surface area contributed by atoms with Gasteiger partial charge in [0.05, 0.1) is 21.0 Å². The van der Waals surface area contributed by atoms with Gasteiger partial charge in [0.15, 0.2) is 5.13 Å². The summed E-state index contributed by atoms with van der Waals surface area (Å²) in [7, 11) is 0. The predicted molar refractivity (Wildman–Crippen MR) is 194 cm³/mol. The summed E-state index contributed by atoms with van der Waals surface area (Å²) in [4.78, 5) is 45.1. The molecule has 0 aliphatic rings. The normalized spacial score (nSPS) is 11.9. The summed E-state index contributed by atoms with van der Waals surface area (Å²) in [6, 6.07) is 28.8. The molecule has 5 aromatic rings. The largest absolute Gasteiger partial charge is 0.321 e. The van der Waals surface area contributed by atoms with E-state index >= 15 is 0 Å². The molecule has 0 saturated heterocycles. The van der Waals surface area contributed by atoms with E-state index < -0.39 is 17.1 Å². The monoisotopic (exact) mass is 700 g/mol. The van der Waals surface area contributed by atoms with Crippen molar-refractivity contribution >= 4 is 80.9 Å². The molecule has 47 heavy (non-hydrogen) atoms. The molecule has 238 valence electrons. The second-order valence-electron chi connectivity index (χ2n) is 10.4. The van der Waals surface area contributed by atoms with Gasteiger partial charge in [-0.2, -0.15) is 0 Å². The highest BCUT2D eigenvalue weighted by molar-refractivity contribution is 8.00. The first-order valence-electron chi connectivity index (χ1n) is 14.6. The maximum Gasteiger partial charge on any atom is 0.272 e. The number of halogens is 2. The molecule has 11 heteroatoms. The number of nitrogens with one attached hydrogen (secondary N) is 3.